The standard InChI is InChI=1S/C15H19N3O3/c1-9(2)15(4,14(19)20)8-12-17-13(18-21-12)11-7-10(3)5-6-16-11/h5-7,9H,8H2,1-4H3,(H,19,20). The van der Waals surface area contributed by atoms with Crippen LogP contribution in [-0.4, -0.2) is 26.2 Å². The van der Waals surface area contributed by atoms with Gasteiger partial charge in [-0.15, -0.1) is 0 Å². The Balaban J connectivity index is 2.26. The van der Waals surface area contributed by atoms with E-state index in [-0.39, 0.29) is 12.3 Å². The van der Waals surface area contributed by atoms with Crippen LogP contribution >= 0.6 is 0 Å². The van der Waals surface area contributed by atoms with Crippen LogP contribution in [0.5, 0.6) is 0 Å². The molecule has 1 N–H and O–H groups in total. The molecular weight excluding hydrogens is 270 g/mol. The van der Waals surface area contributed by atoms with Crippen molar-refractivity contribution < 1.29 is 14.4 Å². The predicted octanol–water partition coefficient (Wildman–Crippen LogP) is 2.73. The van der Waals surface area contributed by atoms with Crippen molar-refractivity contribution in [2.24, 2.45) is 11.3 Å². The number of hydrogen-bond acceptors (Lipinski definition) is 5. The van der Waals surface area contributed by atoms with Gasteiger partial charge in [-0.05, 0) is 37.5 Å². The number of aliphatic carboxylic acids is 1. The molecule has 0 spiro atoms. The van der Waals surface area contributed by atoms with Gasteiger partial charge in [0.25, 0.3) is 0 Å². The first-order valence-corrected chi connectivity index (χ1v) is 6.82. The highest BCUT2D eigenvalue weighted by atomic mass is 16.5. The summed E-state index contributed by atoms with van der Waals surface area (Å²) >= 11 is 0. The van der Waals surface area contributed by atoms with Gasteiger partial charge in [0.1, 0.15) is 5.69 Å². The molecule has 112 valence electrons. The van der Waals surface area contributed by atoms with E-state index in [4.69, 9.17) is 4.52 Å². The number of carboxylic acids is 1. The van der Waals surface area contributed by atoms with Crippen LogP contribution in [0.1, 0.15) is 32.2 Å². The van der Waals surface area contributed by atoms with Crippen molar-refractivity contribution in [3.63, 3.8) is 0 Å². The Morgan fingerprint density at radius 1 is 1.48 bits per heavy atom. The molecule has 2 rings (SSSR count). The van der Waals surface area contributed by atoms with Crippen molar-refractivity contribution >= 4 is 5.97 Å². The highest BCUT2D eigenvalue weighted by Gasteiger charge is 2.38. The molecular formula is C15H19N3O3. The van der Waals surface area contributed by atoms with Crippen LogP contribution in [0.25, 0.3) is 11.5 Å². The van der Waals surface area contributed by atoms with E-state index >= 15 is 0 Å². The minimum Gasteiger partial charge on any atom is -0.481 e. The maximum atomic E-state index is 11.5. The number of nitrogens with zero attached hydrogens (tertiary/aromatic N) is 3. The van der Waals surface area contributed by atoms with E-state index in [0.29, 0.717) is 17.4 Å². The average molecular weight is 289 g/mol. The van der Waals surface area contributed by atoms with Gasteiger partial charge >= 0.3 is 5.97 Å². The summed E-state index contributed by atoms with van der Waals surface area (Å²) in [4.78, 5) is 19.9. The third-order valence-electron chi connectivity index (χ3n) is 3.89. The fourth-order valence-corrected chi connectivity index (χ4v) is 1.93. The fraction of sp³-hybridized carbons (Fsp3) is 0.467. The van der Waals surface area contributed by atoms with E-state index in [0.717, 1.165) is 5.56 Å². The zero-order valence-electron chi connectivity index (χ0n) is 12.6. The van der Waals surface area contributed by atoms with Crippen LogP contribution in [0.15, 0.2) is 22.9 Å². The van der Waals surface area contributed by atoms with E-state index in [2.05, 4.69) is 15.1 Å². The van der Waals surface area contributed by atoms with E-state index in [1.54, 1.807) is 13.1 Å². The summed E-state index contributed by atoms with van der Waals surface area (Å²) in [6.07, 6.45) is 1.87. The summed E-state index contributed by atoms with van der Waals surface area (Å²) in [7, 11) is 0. The van der Waals surface area contributed by atoms with Crippen molar-refractivity contribution in [1.29, 1.82) is 0 Å². The molecule has 0 radical (unpaired) electrons. The maximum Gasteiger partial charge on any atom is 0.310 e. The minimum absolute atomic E-state index is 0.0533. The largest absolute Gasteiger partial charge is 0.481 e. The number of carbonyl (C=O) groups is 1. The van der Waals surface area contributed by atoms with Crippen molar-refractivity contribution in [3.05, 3.63) is 29.8 Å². The smallest absolute Gasteiger partial charge is 0.310 e. The van der Waals surface area contributed by atoms with Gasteiger partial charge in [-0.1, -0.05) is 19.0 Å². The Kier molecular flexibility index (Phi) is 4.06. The van der Waals surface area contributed by atoms with Gasteiger partial charge in [-0.2, -0.15) is 4.98 Å². The Labute approximate surface area is 123 Å². The third-order valence-corrected chi connectivity index (χ3v) is 3.89. The molecule has 1 atom stereocenters. The van der Waals surface area contributed by atoms with Gasteiger partial charge in [0.15, 0.2) is 0 Å². The second kappa shape index (κ2) is 5.63. The number of carboxylic acid groups (broad SMARTS) is 1. The van der Waals surface area contributed by atoms with Crippen LogP contribution in [0.2, 0.25) is 0 Å². The Morgan fingerprint density at radius 3 is 2.76 bits per heavy atom. The molecule has 0 amide bonds. The summed E-state index contributed by atoms with van der Waals surface area (Å²) < 4.78 is 5.19. The lowest BCUT2D eigenvalue weighted by atomic mass is 9.76. The molecule has 6 heteroatoms. The summed E-state index contributed by atoms with van der Waals surface area (Å²) in [5.74, 6) is -0.231. The molecule has 1 unspecified atom stereocenters. The molecule has 6 nitrogen and oxygen atoms in total. The van der Waals surface area contributed by atoms with Gasteiger partial charge in [-0.3, -0.25) is 9.78 Å². The molecule has 0 fully saturated rings. The predicted molar refractivity (Wildman–Crippen MR) is 76.6 cm³/mol. The number of aromatic nitrogens is 3. The lowest BCUT2D eigenvalue weighted by Gasteiger charge is -2.27. The zero-order chi connectivity index (χ0) is 15.6. The normalized spacial score (nSPS) is 14.1. The van der Waals surface area contributed by atoms with Crippen molar-refractivity contribution in [1.82, 2.24) is 15.1 Å². The number of hydrogen-bond donors (Lipinski definition) is 1. The summed E-state index contributed by atoms with van der Waals surface area (Å²) in [5.41, 5.74) is 0.722. The first kappa shape index (κ1) is 15.2. The Morgan fingerprint density at radius 2 is 2.19 bits per heavy atom. The van der Waals surface area contributed by atoms with Crippen LogP contribution < -0.4 is 0 Å². The first-order valence-electron chi connectivity index (χ1n) is 6.82. The zero-order valence-corrected chi connectivity index (χ0v) is 12.6. The number of rotatable bonds is 5. The van der Waals surface area contributed by atoms with Gasteiger partial charge < -0.3 is 9.63 Å². The number of pyridine rings is 1. The van der Waals surface area contributed by atoms with E-state index in [1.165, 1.54) is 0 Å². The third kappa shape index (κ3) is 3.09. The van der Waals surface area contributed by atoms with Crippen LogP contribution in [0.3, 0.4) is 0 Å². The molecule has 0 aromatic carbocycles. The molecule has 0 bridgehead atoms. The SMILES string of the molecule is Cc1ccnc(-c2noc(CC(C)(C(=O)O)C(C)C)n2)c1. The summed E-state index contributed by atoms with van der Waals surface area (Å²) in [6, 6.07) is 3.73. The molecule has 0 aliphatic rings. The van der Waals surface area contributed by atoms with Crippen LogP contribution in [0.4, 0.5) is 0 Å². The molecule has 0 aliphatic carbocycles. The van der Waals surface area contributed by atoms with E-state index in [1.807, 2.05) is 32.9 Å². The topological polar surface area (TPSA) is 89.1 Å². The highest BCUT2D eigenvalue weighted by Crippen LogP contribution is 2.31. The van der Waals surface area contributed by atoms with Crippen molar-refractivity contribution in [3.8, 4) is 11.5 Å². The second-order valence-electron chi connectivity index (χ2n) is 5.78. The fourth-order valence-electron chi connectivity index (χ4n) is 1.93. The lowest BCUT2D eigenvalue weighted by Crippen LogP contribution is -2.35. The molecule has 21 heavy (non-hydrogen) atoms. The van der Waals surface area contributed by atoms with Gasteiger partial charge in [0.05, 0.1) is 5.41 Å². The first-order chi connectivity index (χ1) is 9.83. The van der Waals surface area contributed by atoms with Gasteiger partial charge in [0.2, 0.25) is 11.7 Å². The van der Waals surface area contributed by atoms with Crippen molar-refractivity contribution in [2.75, 3.05) is 0 Å². The van der Waals surface area contributed by atoms with E-state index in [9.17, 15) is 9.90 Å². The second-order valence-corrected chi connectivity index (χ2v) is 5.78. The highest BCUT2D eigenvalue weighted by molar-refractivity contribution is 5.74. The molecule has 2 aromatic heterocycles. The quantitative estimate of drug-likeness (QED) is 0.910. The minimum atomic E-state index is -0.941. The van der Waals surface area contributed by atoms with Gasteiger partial charge in [-0.25, -0.2) is 0 Å². The van der Waals surface area contributed by atoms with E-state index < -0.39 is 11.4 Å². The van der Waals surface area contributed by atoms with Gasteiger partial charge in [0, 0.05) is 12.6 Å². The molecule has 0 saturated carbocycles. The Bertz CT molecular complexity index is 651. The molecule has 0 aliphatic heterocycles. The maximum absolute atomic E-state index is 11.5. The monoisotopic (exact) mass is 289 g/mol. The summed E-state index contributed by atoms with van der Waals surface area (Å²) in [5, 5.41) is 13.3. The molecule has 2 aromatic rings. The molecule has 0 saturated heterocycles. The van der Waals surface area contributed by atoms with Crippen LogP contribution in [-0.2, 0) is 11.2 Å². The average Bonchev–Trinajstić information content (AvgIpc) is 2.86. The lowest BCUT2D eigenvalue weighted by molar-refractivity contribution is -0.150. The number of aryl methyl sites for hydroxylation is 1. The Hall–Kier alpha value is -2.24. The van der Waals surface area contributed by atoms with Crippen molar-refractivity contribution in [2.45, 2.75) is 34.1 Å². The molecule has 2 heterocycles. The van der Waals surface area contributed by atoms with Crippen LogP contribution in [0, 0.1) is 18.3 Å². The summed E-state index contributed by atoms with van der Waals surface area (Å²) in [6.45, 7) is 7.38.